The summed E-state index contributed by atoms with van der Waals surface area (Å²) in [4.78, 5) is 27.9. The van der Waals surface area contributed by atoms with Crippen molar-refractivity contribution in [2.45, 2.75) is 37.8 Å². The van der Waals surface area contributed by atoms with Gasteiger partial charge in [-0.1, -0.05) is 71.5 Å². The number of pyridine rings is 4. The van der Waals surface area contributed by atoms with E-state index in [4.69, 9.17) is 20.6 Å². The van der Waals surface area contributed by atoms with Crippen LogP contribution < -0.4 is 20.7 Å². The van der Waals surface area contributed by atoms with Crippen LogP contribution in [0.5, 0.6) is 0 Å². The fourth-order valence-electron chi connectivity index (χ4n) is 7.33. The fraction of sp³-hybridized carbons (Fsp3) is 0.150. The predicted molar refractivity (Wildman–Crippen MR) is 189 cm³/mol. The first-order valence-electron chi connectivity index (χ1n) is 16.3. The molecule has 0 amide bonds. The van der Waals surface area contributed by atoms with E-state index >= 15 is 0 Å². The van der Waals surface area contributed by atoms with Crippen molar-refractivity contribution in [3.63, 3.8) is 0 Å². The first kappa shape index (κ1) is 33.2. The Morgan fingerprint density at radius 1 is 0.440 bits per heavy atom. The number of nitrogens with zero attached hydrogens (tertiary/aromatic N) is 8. The normalized spacial score (nSPS) is 23.3. The molecule has 0 radical (unpaired) electrons. The van der Waals surface area contributed by atoms with Crippen LogP contribution in [0.25, 0.3) is 32.9 Å². The average Bonchev–Trinajstić information content (AvgIpc) is 3.98. The van der Waals surface area contributed by atoms with E-state index in [1.807, 2.05) is 73.8 Å². The number of rotatable bonds is 4. The van der Waals surface area contributed by atoms with Crippen molar-refractivity contribution in [1.29, 1.82) is 0 Å². The van der Waals surface area contributed by atoms with Gasteiger partial charge in [0.2, 0.25) is 0 Å². The standard InChI is InChI=1S/C40H30N8.H2O.Ti/c1-2-30-38(26-11-19-42-20-12-26)32-5-6-34(47-32)40(28-15-23-44-24-16-28)36-8-7-35(48-36)39(27-13-21-43-22-14-27)33-4-3-31(46-33)37(29(1)45-30)25-9-17-41-18-10-25;;/h1-2,7-24,31-32H,3-6H2;1H2;/q-4;;+4/b37-29-,38-30+,39-33-,40-34-;;. The Kier molecular flexibility index (Phi) is 9.45. The summed E-state index contributed by atoms with van der Waals surface area (Å²) in [5.74, 6) is 0. The van der Waals surface area contributed by atoms with Crippen molar-refractivity contribution in [1.82, 2.24) is 29.9 Å². The molecule has 8 bridgehead atoms. The monoisotopic (exact) mass is 688 g/mol. The van der Waals surface area contributed by atoms with Crippen molar-refractivity contribution in [3.8, 4) is 0 Å². The molecule has 3 aliphatic heterocycles. The molecule has 6 aromatic heterocycles. The largest absolute Gasteiger partial charge is 4.00 e. The first-order valence-corrected chi connectivity index (χ1v) is 16.3. The smallest absolute Gasteiger partial charge is 0.681 e. The SMILES string of the molecule is O.[Ti+4].c1cc(/C2=C3\CCC([N-]3)/C(c3ccncc3)=c3/cc/c([n-]3)=C(/c3ccncc3)C3CC/C(=C(\c4ccncc4)c4ccc2[n-]4)[N-]3)ccn1. The second-order valence-corrected chi connectivity index (χ2v) is 12.2. The molecule has 2 atom stereocenters. The summed E-state index contributed by atoms with van der Waals surface area (Å²) in [7, 11) is 0. The molecule has 0 saturated carbocycles. The maximum Gasteiger partial charge on any atom is 4.00 e. The first-order chi connectivity index (χ1) is 23.8. The van der Waals surface area contributed by atoms with Crippen LogP contribution in [0.1, 0.15) is 59.3 Å². The van der Waals surface area contributed by atoms with Crippen LogP contribution in [0.3, 0.4) is 0 Å². The van der Waals surface area contributed by atoms with Gasteiger partial charge in [0, 0.05) is 49.6 Å². The second-order valence-electron chi connectivity index (χ2n) is 12.2. The van der Waals surface area contributed by atoms with E-state index in [9.17, 15) is 0 Å². The Labute approximate surface area is 304 Å². The number of aromatic nitrogens is 6. The third-order valence-corrected chi connectivity index (χ3v) is 9.44. The van der Waals surface area contributed by atoms with Gasteiger partial charge in [-0.15, -0.1) is 22.1 Å². The van der Waals surface area contributed by atoms with Gasteiger partial charge in [-0.25, -0.2) is 0 Å². The molecule has 0 spiro atoms. The third-order valence-electron chi connectivity index (χ3n) is 9.44. The van der Waals surface area contributed by atoms with Crippen LogP contribution in [-0.2, 0) is 21.7 Å². The Morgan fingerprint density at radius 2 is 0.800 bits per heavy atom. The van der Waals surface area contributed by atoms with E-state index in [1.54, 1.807) is 0 Å². The van der Waals surface area contributed by atoms with Gasteiger partial charge in [-0.2, -0.15) is 11.4 Å². The number of hydrogen-bond acceptors (Lipinski definition) is 4. The van der Waals surface area contributed by atoms with Crippen molar-refractivity contribution < 1.29 is 27.2 Å². The topological polar surface area (TPSA) is 139 Å². The van der Waals surface area contributed by atoms with E-state index in [2.05, 4.69) is 68.5 Å². The molecule has 10 heteroatoms. The molecule has 3 aliphatic rings. The fourth-order valence-corrected chi connectivity index (χ4v) is 7.33. The number of allylic oxidation sites excluding steroid dienone is 2. The second kappa shape index (κ2) is 14.3. The van der Waals surface area contributed by atoms with Crippen LogP contribution in [0.4, 0.5) is 0 Å². The average molecular weight is 689 g/mol. The Bertz CT molecular complexity index is 2140. The van der Waals surface area contributed by atoms with Crippen molar-refractivity contribution in [3.05, 3.63) is 189 Å². The Balaban J connectivity index is 0.00000196. The summed E-state index contributed by atoms with van der Waals surface area (Å²) in [6, 6.07) is 24.8. The minimum Gasteiger partial charge on any atom is -0.681 e. The summed E-state index contributed by atoms with van der Waals surface area (Å²) in [5, 5.41) is 12.8. The van der Waals surface area contributed by atoms with Gasteiger partial charge in [0.1, 0.15) is 0 Å². The van der Waals surface area contributed by atoms with E-state index in [-0.39, 0.29) is 39.3 Å². The quantitative estimate of drug-likeness (QED) is 0.238. The van der Waals surface area contributed by atoms with Crippen LogP contribution in [-0.4, -0.2) is 37.5 Å². The summed E-state index contributed by atoms with van der Waals surface area (Å²) >= 11 is 0. The van der Waals surface area contributed by atoms with Crippen molar-refractivity contribution in [2.75, 3.05) is 0 Å². The maximum absolute atomic E-state index is 5.46. The van der Waals surface area contributed by atoms with Gasteiger partial charge in [0.15, 0.2) is 0 Å². The summed E-state index contributed by atoms with van der Waals surface area (Å²) in [6.45, 7) is 0. The van der Waals surface area contributed by atoms with Gasteiger partial charge in [0.25, 0.3) is 0 Å². The molecule has 2 saturated heterocycles. The molecule has 242 valence electrons. The van der Waals surface area contributed by atoms with E-state index < -0.39 is 0 Å². The summed E-state index contributed by atoms with van der Waals surface area (Å²) < 4.78 is 0. The molecular weight excluding hydrogens is 656 g/mol. The van der Waals surface area contributed by atoms with Crippen molar-refractivity contribution >= 4 is 22.3 Å². The number of hydrogen-bond donors (Lipinski definition) is 0. The Hall–Kier alpha value is -5.35. The van der Waals surface area contributed by atoms with Crippen molar-refractivity contribution in [2.24, 2.45) is 0 Å². The predicted octanol–water partition coefficient (Wildman–Crippen LogP) is 5.06. The molecule has 2 N–H and O–H groups in total. The summed E-state index contributed by atoms with van der Waals surface area (Å²) in [5.41, 5.74) is 12.4. The van der Waals surface area contributed by atoms with Gasteiger partial charge in [-0.05, 0) is 83.6 Å². The minimum atomic E-state index is -0.0799. The molecule has 6 aromatic rings. The molecule has 2 unspecified atom stereocenters. The number of fused-ring (bicyclic) bond motifs is 8. The van der Waals surface area contributed by atoms with Crippen LogP contribution in [0.2, 0.25) is 0 Å². The van der Waals surface area contributed by atoms with Gasteiger partial charge in [0.05, 0.1) is 0 Å². The molecule has 9 nitrogen and oxygen atoms in total. The molecule has 50 heavy (non-hydrogen) atoms. The Morgan fingerprint density at radius 3 is 1.18 bits per heavy atom. The third kappa shape index (κ3) is 6.04. The molecule has 9 heterocycles. The van der Waals surface area contributed by atoms with E-state index in [1.165, 1.54) is 0 Å². The molecule has 2 fully saturated rings. The molecule has 9 rings (SSSR count). The molecule has 0 aromatic carbocycles. The van der Waals surface area contributed by atoms with E-state index in [0.717, 1.165) is 104 Å². The zero-order chi connectivity index (χ0) is 31.9. The molecule has 0 aliphatic carbocycles. The van der Waals surface area contributed by atoms with Gasteiger partial charge >= 0.3 is 21.7 Å². The summed E-state index contributed by atoms with van der Waals surface area (Å²) in [6.07, 6.45) is 18.1. The van der Waals surface area contributed by atoms with Crippen LogP contribution in [0.15, 0.2) is 134 Å². The van der Waals surface area contributed by atoms with Crippen LogP contribution in [0, 0.1) is 0 Å². The zero-order valence-electron chi connectivity index (χ0n) is 27.1. The molecular formula is C40H32N8OTi. The van der Waals surface area contributed by atoms with Gasteiger partial charge < -0.3 is 26.1 Å². The minimum absolute atomic E-state index is 0. The van der Waals surface area contributed by atoms with E-state index in [0.29, 0.717) is 0 Å². The zero-order valence-corrected chi connectivity index (χ0v) is 28.7. The van der Waals surface area contributed by atoms with Crippen LogP contribution >= 0.6 is 0 Å². The maximum atomic E-state index is 5.46. The van der Waals surface area contributed by atoms with Gasteiger partial charge in [-0.3, -0.25) is 19.9 Å².